The molecule has 0 saturated carbocycles. The van der Waals surface area contributed by atoms with Crippen LogP contribution < -0.4 is 16.0 Å². The predicted octanol–water partition coefficient (Wildman–Crippen LogP) is -0.619. The van der Waals surface area contributed by atoms with Crippen LogP contribution in [0.15, 0.2) is 0 Å². The Morgan fingerprint density at radius 2 is 2.31 bits per heavy atom. The van der Waals surface area contributed by atoms with Crippen molar-refractivity contribution in [1.29, 1.82) is 0 Å². The van der Waals surface area contributed by atoms with Crippen LogP contribution in [0.1, 0.15) is 26.2 Å². The third-order valence-electron chi connectivity index (χ3n) is 3.51. The van der Waals surface area contributed by atoms with Gasteiger partial charge in [-0.05, 0) is 32.7 Å². The standard InChI is InChI=1S/C11H19N3O2/c1-11(4-6-12-7-11)10(16)14-8-3-2-5-13-9(8)15/h8,12H,2-7H2,1H3,(H,13,15)(H,14,16). The summed E-state index contributed by atoms with van der Waals surface area (Å²) in [5.41, 5.74) is -0.349. The lowest BCUT2D eigenvalue weighted by Crippen LogP contribution is -2.53. The molecule has 0 aromatic rings. The molecule has 2 amide bonds. The molecule has 2 fully saturated rings. The number of amides is 2. The van der Waals surface area contributed by atoms with Gasteiger partial charge in [0.1, 0.15) is 6.04 Å². The van der Waals surface area contributed by atoms with Crippen molar-refractivity contribution >= 4 is 11.8 Å². The van der Waals surface area contributed by atoms with Crippen LogP contribution >= 0.6 is 0 Å². The lowest BCUT2D eigenvalue weighted by Gasteiger charge is -2.28. The molecule has 16 heavy (non-hydrogen) atoms. The van der Waals surface area contributed by atoms with Crippen molar-refractivity contribution in [1.82, 2.24) is 16.0 Å². The Morgan fingerprint density at radius 1 is 1.50 bits per heavy atom. The highest BCUT2D eigenvalue weighted by molar-refractivity contribution is 5.90. The van der Waals surface area contributed by atoms with E-state index in [4.69, 9.17) is 0 Å². The minimum atomic E-state index is -0.349. The Bertz CT molecular complexity index is 298. The highest BCUT2D eigenvalue weighted by atomic mass is 16.2. The summed E-state index contributed by atoms with van der Waals surface area (Å²) in [5.74, 6) is -0.0475. The van der Waals surface area contributed by atoms with Crippen LogP contribution in [0.3, 0.4) is 0 Å². The fourth-order valence-electron chi connectivity index (χ4n) is 2.25. The first-order chi connectivity index (χ1) is 7.62. The minimum absolute atomic E-state index is 0.000417. The molecule has 0 aliphatic carbocycles. The van der Waals surface area contributed by atoms with Crippen LogP contribution in [0, 0.1) is 5.41 Å². The van der Waals surface area contributed by atoms with E-state index >= 15 is 0 Å². The second kappa shape index (κ2) is 4.41. The Kier molecular flexibility index (Phi) is 3.14. The summed E-state index contributed by atoms with van der Waals surface area (Å²) in [6.07, 6.45) is 2.53. The summed E-state index contributed by atoms with van der Waals surface area (Å²) in [5, 5.41) is 8.81. The highest BCUT2D eigenvalue weighted by Crippen LogP contribution is 2.24. The molecule has 5 nitrogen and oxygen atoms in total. The van der Waals surface area contributed by atoms with E-state index in [0.717, 1.165) is 32.4 Å². The normalized spacial score (nSPS) is 34.6. The molecule has 0 spiro atoms. The number of rotatable bonds is 2. The van der Waals surface area contributed by atoms with Crippen LogP contribution in [0.2, 0.25) is 0 Å². The van der Waals surface area contributed by atoms with Gasteiger partial charge >= 0.3 is 0 Å². The molecule has 2 aliphatic heterocycles. The monoisotopic (exact) mass is 225 g/mol. The molecule has 90 valence electrons. The topological polar surface area (TPSA) is 70.2 Å². The molecular formula is C11H19N3O2. The molecule has 0 bridgehead atoms. The van der Waals surface area contributed by atoms with Gasteiger partial charge in [0, 0.05) is 13.1 Å². The Morgan fingerprint density at radius 3 is 2.94 bits per heavy atom. The quantitative estimate of drug-likeness (QED) is 0.586. The van der Waals surface area contributed by atoms with Gasteiger partial charge in [-0.1, -0.05) is 0 Å². The Hall–Kier alpha value is -1.10. The number of piperidine rings is 1. The molecule has 2 aliphatic rings. The summed E-state index contributed by atoms with van der Waals surface area (Å²) < 4.78 is 0. The van der Waals surface area contributed by atoms with Crippen molar-refractivity contribution in [2.45, 2.75) is 32.2 Å². The third kappa shape index (κ3) is 2.19. The van der Waals surface area contributed by atoms with Crippen LogP contribution in [0.25, 0.3) is 0 Å². The second-order valence-electron chi connectivity index (χ2n) is 4.95. The smallest absolute Gasteiger partial charge is 0.242 e. The van der Waals surface area contributed by atoms with E-state index in [1.165, 1.54) is 0 Å². The van der Waals surface area contributed by atoms with Crippen molar-refractivity contribution in [2.24, 2.45) is 5.41 Å². The molecule has 0 radical (unpaired) electrons. The summed E-state index contributed by atoms with van der Waals surface area (Å²) >= 11 is 0. The molecule has 2 heterocycles. The molecule has 0 aromatic heterocycles. The first kappa shape index (κ1) is 11.4. The van der Waals surface area contributed by atoms with Crippen molar-refractivity contribution in [3.05, 3.63) is 0 Å². The zero-order valence-corrected chi connectivity index (χ0v) is 9.64. The minimum Gasteiger partial charge on any atom is -0.354 e. The van der Waals surface area contributed by atoms with Crippen LogP contribution in [-0.2, 0) is 9.59 Å². The number of nitrogens with one attached hydrogen (secondary N) is 3. The molecule has 2 rings (SSSR count). The lowest BCUT2D eigenvalue weighted by molar-refractivity contribution is -0.134. The van der Waals surface area contributed by atoms with E-state index in [1.54, 1.807) is 0 Å². The zero-order chi connectivity index (χ0) is 11.6. The van der Waals surface area contributed by atoms with Gasteiger partial charge < -0.3 is 16.0 Å². The highest BCUT2D eigenvalue weighted by Gasteiger charge is 2.38. The summed E-state index contributed by atoms with van der Waals surface area (Å²) in [7, 11) is 0. The van der Waals surface area contributed by atoms with Gasteiger partial charge in [0.25, 0.3) is 0 Å². The van der Waals surface area contributed by atoms with Gasteiger partial charge in [-0.15, -0.1) is 0 Å². The molecule has 2 unspecified atom stereocenters. The predicted molar refractivity (Wildman–Crippen MR) is 59.8 cm³/mol. The molecule has 3 N–H and O–H groups in total. The van der Waals surface area contributed by atoms with Crippen molar-refractivity contribution in [3.8, 4) is 0 Å². The summed E-state index contributed by atoms with van der Waals surface area (Å²) in [6.45, 7) is 4.25. The third-order valence-corrected chi connectivity index (χ3v) is 3.51. The van der Waals surface area contributed by atoms with Crippen LogP contribution in [0.4, 0.5) is 0 Å². The van der Waals surface area contributed by atoms with Gasteiger partial charge in [0.2, 0.25) is 11.8 Å². The SMILES string of the molecule is CC1(C(=O)NC2CCCNC2=O)CCNC1. The van der Waals surface area contributed by atoms with Gasteiger partial charge in [0.05, 0.1) is 5.41 Å². The first-order valence-corrected chi connectivity index (χ1v) is 5.91. The fourth-order valence-corrected chi connectivity index (χ4v) is 2.25. The Labute approximate surface area is 95.3 Å². The van der Waals surface area contributed by atoms with Crippen molar-refractivity contribution in [3.63, 3.8) is 0 Å². The van der Waals surface area contributed by atoms with Crippen LogP contribution in [-0.4, -0.2) is 37.5 Å². The van der Waals surface area contributed by atoms with E-state index in [9.17, 15) is 9.59 Å². The zero-order valence-electron chi connectivity index (χ0n) is 9.64. The van der Waals surface area contributed by atoms with E-state index in [1.807, 2.05) is 6.92 Å². The van der Waals surface area contributed by atoms with E-state index in [0.29, 0.717) is 6.54 Å². The van der Waals surface area contributed by atoms with E-state index in [-0.39, 0.29) is 23.3 Å². The van der Waals surface area contributed by atoms with Crippen LogP contribution in [0.5, 0.6) is 0 Å². The number of carbonyl (C=O) groups is 2. The number of hydrogen-bond acceptors (Lipinski definition) is 3. The number of hydrogen-bond donors (Lipinski definition) is 3. The molecule has 2 atom stereocenters. The molecular weight excluding hydrogens is 206 g/mol. The lowest BCUT2D eigenvalue weighted by atomic mass is 9.88. The maximum Gasteiger partial charge on any atom is 0.242 e. The van der Waals surface area contributed by atoms with Gasteiger partial charge in [-0.3, -0.25) is 9.59 Å². The average molecular weight is 225 g/mol. The van der Waals surface area contributed by atoms with Gasteiger partial charge in [0.15, 0.2) is 0 Å². The summed E-state index contributed by atoms with van der Waals surface area (Å²) in [6, 6.07) is -0.335. The molecule has 0 aromatic carbocycles. The molecule has 5 heteroatoms. The van der Waals surface area contributed by atoms with Crippen molar-refractivity contribution in [2.75, 3.05) is 19.6 Å². The van der Waals surface area contributed by atoms with E-state index < -0.39 is 0 Å². The fraction of sp³-hybridized carbons (Fsp3) is 0.818. The van der Waals surface area contributed by atoms with Gasteiger partial charge in [-0.2, -0.15) is 0 Å². The van der Waals surface area contributed by atoms with Gasteiger partial charge in [-0.25, -0.2) is 0 Å². The summed E-state index contributed by atoms with van der Waals surface area (Å²) in [4.78, 5) is 23.6. The maximum atomic E-state index is 12.0. The first-order valence-electron chi connectivity index (χ1n) is 5.91. The molecule has 2 saturated heterocycles. The maximum absolute atomic E-state index is 12.0. The van der Waals surface area contributed by atoms with E-state index in [2.05, 4.69) is 16.0 Å². The average Bonchev–Trinajstić information content (AvgIpc) is 2.70. The second-order valence-corrected chi connectivity index (χ2v) is 4.95. The largest absolute Gasteiger partial charge is 0.354 e. The van der Waals surface area contributed by atoms with Crippen molar-refractivity contribution < 1.29 is 9.59 Å². The Balaban J connectivity index is 1.93. The number of carbonyl (C=O) groups excluding carboxylic acids is 2.